The predicted octanol–water partition coefficient (Wildman–Crippen LogP) is 8.88. The van der Waals surface area contributed by atoms with Gasteiger partial charge in [0.2, 0.25) is 0 Å². The second-order valence-corrected chi connectivity index (χ2v) is 26.8. The average molecular weight is 1030 g/mol. The minimum Gasteiger partial charge on any atom is -0.455 e. The van der Waals surface area contributed by atoms with E-state index in [0.717, 1.165) is 51.0 Å². The zero-order chi connectivity index (χ0) is 49.5. The van der Waals surface area contributed by atoms with Gasteiger partial charge < -0.3 is 29.7 Å². The first-order valence-electron chi connectivity index (χ1n) is 22.7. The van der Waals surface area contributed by atoms with Crippen molar-refractivity contribution in [3.8, 4) is 11.5 Å². The van der Waals surface area contributed by atoms with Crippen LogP contribution < -0.4 is 19.7 Å². The van der Waals surface area contributed by atoms with Gasteiger partial charge in [-0.3, -0.25) is 9.69 Å². The third kappa shape index (κ3) is 11.9. The molecular formula is C48H57ClF3N7O7PS2. The highest BCUT2D eigenvalue weighted by Crippen LogP contribution is 2.51. The lowest BCUT2D eigenvalue weighted by molar-refractivity contribution is -0.0435. The van der Waals surface area contributed by atoms with Crippen LogP contribution in [0.5, 0.6) is 11.5 Å². The number of hydrogen-bond acceptors (Lipinski definition) is 12. The van der Waals surface area contributed by atoms with Gasteiger partial charge in [0, 0.05) is 86.8 Å². The number of sulfonamides is 1. The van der Waals surface area contributed by atoms with E-state index in [9.17, 15) is 39.7 Å². The molecule has 69 heavy (non-hydrogen) atoms. The summed E-state index contributed by atoms with van der Waals surface area (Å²) in [5, 5.41) is 4.22. The topological polar surface area (TPSA) is 177 Å². The van der Waals surface area contributed by atoms with E-state index < -0.39 is 60.3 Å². The molecule has 2 fully saturated rings. The lowest BCUT2D eigenvalue weighted by Gasteiger charge is -2.39. The van der Waals surface area contributed by atoms with Crippen LogP contribution in [0.3, 0.4) is 0 Å². The number of nitrogens with zero attached hydrogens (tertiary/aromatic N) is 4. The molecule has 1 amide bonds. The van der Waals surface area contributed by atoms with Gasteiger partial charge >= 0.3 is 5.51 Å². The van der Waals surface area contributed by atoms with Gasteiger partial charge in [-0.1, -0.05) is 43.2 Å². The molecule has 0 saturated carbocycles. The molecule has 2 aromatic heterocycles. The predicted molar refractivity (Wildman–Crippen MR) is 266 cm³/mol. The number of pyridine rings is 1. The molecule has 3 aliphatic rings. The molecule has 14 nitrogen and oxygen atoms in total. The van der Waals surface area contributed by atoms with E-state index in [0.29, 0.717) is 72.9 Å². The van der Waals surface area contributed by atoms with Crippen molar-refractivity contribution in [2.45, 2.75) is 61.4 Å². The number of H-pyrrole nitrogens is 1. The quantitative estimate of drug-likeness (QED) is 0.0779. The highest BCUT2D eigenvalue weighted by Gasteiger charge is 2.48. The van der Waals surface area contributed by atoms with Crippen molar-refractivity contribution in [1.29, 1.82) is 0 Å². The van der Waals surface area contributed by atoms with Crippen LogP contribution in [-0.2, 0) is 19.9 Å². The number of hydrogen-bond donors (Lipinski definition) is 4. The number of alkyl halides is 3. The Kier molecular flexibility index (Phi) is 14.5. The smallest absolute Gasteiger partial charge is 0.455 e. The Morgan fingerprint density at radius 2 is 1.67 bits per heavy atom. The van der Waals surface area contributed by atoms with Crippen molar-refractivity contribution in [3.05, 3.63) is 107 Å². The van der Waals surface area contributed by atoms with Crippen molar-refractivity contribution in [2.24, 2.45) is 5.41 Å². The van der Waals surface area contributed by atoms with Gasteiger partial charge in [-0.2, -0.15) is 13.2 Å². The minimum atomic E-state index is -6.09. The zero-order valence-electron chi connectivity index (χ0n) is 38.8. The molecule has 371 valence electrons. The second kappa shape index (κ2) is 19.8. The molecule has 2 aliphatic heterocycles. The molecule has 21 heteroatoms. The summed E-state index contributed by atoms with van der Waals surface area (Å²) in [5.41, 5.74) is -1.00. The molecule has 8 rings (SSSR count). The molecule has 1 aliphatic carbocycles. The highest BCUT2D eigenvalue weighted by atomic mass is 35.5. The van der Waals surface area contributed by atoms with Crippen molar-refractivity contribution >= 4 is 72.8 Å². The number of benzene rings is 3. The number of amides is 1. The number of carbonyl (C=O) groups excluding carboxylic acids is 1. The van der Waals surface area contributed by atoms with Crippen molar-refractivity contribution in [1.82, 2.24) is 24.5 Å². The van der Waals surface area contributed by atoms with Crippen LogP contribution in [0.4, 0.5) is 24.5 Å². The maximum Gasteiger partial charge on any atom is 0.501 e. The number of sulfone groups is 1. The maximum atomic E-state index is 14.1. The lowest BCUT2D eigenvalue weighted by atomic mass is 9.72. The first-order valence-corrected chi connectivity index (χ1v) is 28.6. The van der Waals surface area contributed by atoms with Gasteiger partial charge in [0.15, 0.2) is 0 Å². The van der Waals surface area contributed by atoms with Crippen LogP contribution in [-0.4, -0.2) is 130 Å². The number of halogens is 4. The number of anilines is 2. The fourth-order valence-electron chi connectivity index (χ4n) is 9.17. The molecule has 1 atom stereocenters. The van der Waals surface area contributed by atoms with E-state index in [1.165, 1.54) is 29.0 Å². The fraction of sp³-hybridized carbons (Fsp3) is 0.417. The summed E-state index contributed by atoms with van der Waals surface area (Å²) in [6, 6.07) is 17.9. The Labute approximate surface area is 406 Å². The number of aromatic amines is 1. The van der Waals surface area contributed by atoms with Gasteiger partial charge in [0.25, 0.3) is 25.8 Å². The van der Waals surface area contributed by atoms with Crippen LogP contribution in [0.25, 0.3) is 16.6 Å². The van der Waals surface area contributed by atoms with Crippen LogP contribution in [0, 0.1) is 5.41 Å². The molecule has 2 saturated heterocycles. The van der Waals surface area contributed by atoms with E-state index in [4.69, 9.17) is 16.3 Å². The summed E-state index contributed by atoms with van der Waals surface area (Å²) in [6.07, 6.45) is 7.38. The first-order chi connectivity index (χ1) is 32.4. The second-order valence-electron chi connectivity index (χ2n) is 19.2. The standard InChI is InChI=1S/C48H57ClF3N7O7PS2/c1-32(30-58-21-23-67(4,61)24-22-58)55-42-12-10-39(27-44(42)68(62,63)48(50,51)52)69(64,65)56-46(60)40-11-9-37(26-43(40)66-38-25-34-14-16-53-45(34)54-29-38)59-19-17-57(18-20-59)31-35-13-15-47(2,3)28-41(35)33-5-7-36(49)8-6-33/h5-12,14,16,25-27,29,32,55,61H,13,15,17-24,28,30-31H2,1-4H3,(H,53,54)(H,56,60). The van der Waals surface area contributed by atoms with Crippen LogP contribution in [0.2, 0.25) is 5.02 Å². The molecule has 0 bridgehead atoms. The Morgan fingerprint density at radius 1 is 0.957 bits per heavy atom. The summed E-state index contributed by atoms with van der Waals surface area (Å²) in [4.78, 5) is 36.2. The normalized spacial score (nSPS) is 18.8. The molecule has 0 spiro atoms. The summed E-state index contributed by atoms with van der Waals surface area (Å²) < 4.78 is 104. The molecule has 3 aromatic carbocycles. The van der Waals surface area contributed by atoms with Gasteiger partial charge in [-0.05, 0) is 124 Å². The molecular weight excluding hydrogens is 974 g/mol. The third-order valence-corrected chi connectivity index (χ3v) is 18.6. The maximum absolute atomic E-state index is 14.1. The number of rotatable bonds is 14. The number of allylic oxidation sites excluding steroid dienone is 1. The van der Waals surface area contributed by atoms with E-state index in [1.807, 2.05) is 28.4 Å². The summed E-state index contributed by atoms with van der Waals surface area (Å²) in [7, 11) is -13.1. The third-order valence-electron chi connectivity index (χ3n) is 13.2. The minimum absolute atomic E-state index is 0.0185. The lowest BCUT2D eigenvalue weighted by Crippen LogP contribution is -2.47. The van der Waals surface area contributed by atoms with E-state index in [-0.39, 0.29) is 22.5 Å². The SMILES string of the molecule is CC(CN1CC[P](C)(O)CC1)Nc1ccc(S(=O)(=O)NC(=O)c2ccc(N3CCN(CC4=C(c5ccc(Cl)cc5)CC(C)(C)CC4)CC3)cc2Oc2cnc3[nH]ccc3c2)cc1S(=O)(=O)C(F)(F)F. The van der Waals surface area contributed by atoms with E-state index in [2.05, 4.69) is 51.1 Å². The van der Waals surface area contributed by atoms with E-state index >= 15 is 0 Å². The molecule has 1 unspecified atom stereocenters. The van der Waals surface area contributed by atoms with Gasteiger partial charge in [0.05, 0.1) is 22.3 Å². The van der Waals surface area contributed by atoms with Crippen molar-refractivity contribution in [3.63, 3.8) is 0 Å². The number of nitrogens with one attached hydrogen (secondary N) is 3. The Balaban J connectivity index is 1.03. The van der Waals surface area contributed by atoms with Gasteiger partial charge in [-0.15, -0.1) is 0 Å². The van der Waals surface area contributed by atoms with E-state index in [1.54, 1.807) is 37.4 Å². The molecule has 5 aromatic rings. The average Bonchev–Trinajstić information content (AvgIpc) is 3.76. The summed E-state index contributed by atoms with van der Waals surface area (Å²) >= 11 is 6.24. The van der Waals surface area contributed by atoms with Crippen LogP contribution >= 0.6 is 19.1 Å². The van der Waals surface area contributed by atoms with Crippen molar-refractivity contribution in [2.75, 3.05) is 81.6 Å². The summed E-state index contributed by atoms with van der Waals surface area (Å²) in [6.45, 7) is 13.1. The Hall–Kier alpha value is -4.75. The molecule has 1 radical (unpaired) electrons. The number of fused-ring (bicyclic) bond motifs is 1. The van der Waals surface area contributed by atoms with Gasteiger partial charge in [0.1, 0.15) is 22.0 Å². The number of carbonyl (C=O) groups is 1. The molecule has 4 heterocycles. The number of aromatic nitrogens is 2. The first kappa shape index (κ1) is 50.6. The Morgan fingerprint density at radius 3 is 2.36 bits per heavy atom. The largest absolute Gasteiger partial charge is 0.501 e. The van der Waals surface area contributed by atoms with Crippen molar-refractivity contribution < 1.29 is 44.4 Å². The summed E-state index contributed by atoms with van der Waals surface area (Å²) in [5.74, 6) is -0.944. The van der Waals surface area contributed by atoms with Gasteiger partial charge in [-0.25, -0.2) is 26.5 Å². The fourth-order valence-corrected chi connectivity index (χ4v) is 13.0. The number of ether oxygens (including phenoxy) is 1. The highest BCUT2D eigenvalue weighted by molar-refractivity contribution is 7.92. The number of piperazine rings is 1. The zero-order valence-corrected chi connectivity index (χ0v) is 42.1. The van der Waals surface area contributed by atoms with Crippen LogP contribution in [0.15, 0.2) is 101 Å². The monoisotopic (exact) mass is 1030 g/mol. The molecule has 4 N–H and O–H groups in total. The Bertz CT molecular complexity index is 2970. The van der Waals surface area contributed by atoms with Crippen LogP contribution in [0.1, 0.15) is 56.0 Å².